The van der Waals surface area contributed by atoms with Gasteiger partial charge in [-0.2, -0.15) is 0 Å². The second kappa shape index (κ2) is 6.39. The fourth-order valence-corrected chi connectivity index (χ4v) is 1.69. The third-order valence-corrected chi connectivity index (χ3v) is 2.90. The number of hydrogen-bond donors (Lipinski definition) is 2. The molecule has 2 N–H and O–H groups in total. The predicted octanol–water partition coefficient (Wildman–Crippen LogP) is 0.495. The molecule has 100 valence electrons. The molecule has 0 aliphatic carbocycles. The first-order valence-corrected chi connectivity index (χ1v) is 6.14. The molecule has 0 aromatic carbocycles. The Labute approximate surface area is 109 Å². The molecule has 1 amide bonds. The lowest BCUT2D eigenvalue weighted by atomic mass is 10.2. The highest BCUT2D eigenvalue weighted by Crippen LogP contribution is 1.98. The average Bonchev–Trinajstić information content (AvgIpc) is 2.33. The fourth-order valence-electron chi connectivity index (χ4n) is 1.52. The predicted molar refractivity (Wildman–Crippen MR) is 68.8 cm³/mol. The van der Waals surface area contributed by atoms with Crippen molar-refractivity contribution >= 4 is 17.5 Å². The second-order valence-corrected chi connectivity index (χ2v) is 4.35. The number of nitrogens with zero attached hydrogens (tertiary/aromatic N) is 1. The second-order valence-electron chi connectivity index (χ2n) is 3.95. The van der Waals surface area contributed by atoms with Gasteiger partial charge in [0.25, 0.3) is 5.56 Å². The average molecular weight is 274 g/mol. The van der Waals surface area contributed by atoms with Crippen molar-refractivity contribution in [3.8, 4) is 0 Å². The van der Waals surface area contributed by atoms with Crippen LogP contribution in [0.2, 0.25) is 5.02 Å². The summed E-state index contributed by atoms with van der Waals surface area (Å²) in [6.07, 6.45) is 2.81. The number of carbonyl (C=O) groups excluding carboxylic acids is 1. The normalized spacial score (nSPS) is 10.7. The third kappa shape index (κ3) is 3.73. The van der Waals surface area contributed by atoms with Crippen LogP contribution in [0.25, 0.3) is 0 Å². The van der Waals surface area contributed by atoms with Gasteiger partial charge in [0.05, 0.1) is 0 Å². The Morgan fingerprint density at radius 2 is 2.06 bits per heavy atom. The number of carbonyl (C=O) groups is 1. The van der Waals surface area contributed by atoms with E-state index < -0.39 is 11.2 Å². The Hall–Kier alpha value is -1.56. The molecule has 0 aliphatic heterocycles. The SMILES string of the molecule is CCC(CC)NC(=O)Cn1cc(Cl)c(=O)[nH]c1=O. The maximum Gasteiger partial charge on any atom is 0.328 e. The van der Waals surface area contributed by atoms with Crippen LogP contribution in [0, 0.1) is 0 Å². The highest BCUT2D eigenvalue weighted by Gasteiger charge is 2.10. The molecule has 1 rings (SSSR count). The van der Waals surface area contributed by atoms with E-state index in [1.165, 1.54) is 0 Å². The summed E-state index contributed by atoms with van der Waals surface area (Å²) < 4.78 is 1.07. The molecule has 0 atom stereocenters. The largest absolute Gasteiger partial charge is 0.352 e. The van der Waals surface area contributed by atoms with E-state index in [2.05, 4.69) is 5.32 Å². The summed E-state index contributed by atoms with van der Waals surface area (Å²) in [5.41, 5.74) is -1.30. The van der Waals surface area contributed by atoms with Crippen LogP contribution in [0.1, 0.15) is 26.7 Å². The summed E-state index contributed by atoms with van der Waals surface area (Å²) in [5.74, 6) is -0.283. The number of halogens is 1. The molecular formula is C11H16ClN3O3. The molecule has 1 aromatic rings. The molecule has 1 aromatic heterocycles. The number of H-pyrrole nitrogens is 1. The van der Waals surface area contributed by atoms with Crippen molar-refractivity contribution in [1.82, 2.24) is 14.9 Å². The molecule has 0 fully saturated rings. The van der Waals surface area contributed by atoms with Crippen molar-refractivity contribution < 1.29 is 4.79 Å². The van der Waals surface area contributed by atoms with E-state index in [9.17, 15) is 14.4 Å². The number of aromatic nitrogens is 2. The maximum absolute atomic E-state index is 11.7. The molecule has 1 heterocycles. The van der Waals surface area contributed by atoms with Gasteiger partial charge in [0.2, 0.25) is 5.91 Å². The van der Waals surface area contributed by atoms with Gasteiger partial charge in [-0.1, -0.05) is 25.4 Å². The van der Waals surface area contributed by atoms with E-state index in [0.717, 1.165) is 23.6 Å². The fraction of sp³-hybridized carbons (Fsp3) is 0.545. The van der Waals surface area contributed by atoms with Crippen LogP contribution in [-0.4, -0.2) is 21.5 Å². The first-order valence-electron chi connectivity index (χ1n) is 5.76. The van der Waals surface area contributed by atoms with Crippen molar-refractivity contribution in [3.05, 3.63) is 32.1 Å². The van der Waals surface area contributed by atoms with Gasteiger partial charge in [-0.25, -0.2) is 4.79 Å². The number of aromatic amines is 1. The molecule has 0 saturated carbocycles. The number of hydrogen-bond acceptors (Lipinski definition) is 3. The van der Waals surface area contributed by atoms with Crippen molar-refractivity contribution in [2.45, 2.75) is 39.3 Å². The van der Waals surface area contributed by atoms with Crippen molar-refractivity contribution in [2.24, 2.45) is 0 Å². The molecule has 0 spiro atoms. The zero-order valence-electron chi connectivity index (χ0n) is 10.3. The highest BCUT2D eigenvalue weighted by atomic mass is 35.5. The Bertz CT molecular complexity index is 531. The topological polar surface area (TPSA) is 84.0 Å². The quantitative estimate of drug-likeness (QED) is 0.819. The van der Waals surface area contributed by atoms with Crippen LogP contribution in [-0.2, 0) is 11.3 Å². The van der Waals surface area contributed by atoms with Crippen LogP contribution in [0.3, 0.4) is 0 Å². The first-order chi connectivity index (χ1) is 8.47. The minimum atomic E-state index is -0.654. The first kappa shape index (κ1) is 14.5. The van der Waals surface area contributed by atoms with Gasteiger partial charge in [-0.3, -0.25) is 19.1 Å². The number of nitrogens with one attached hydrogen (secondary N) is 2. The molecule has 0 saturated heterocycles. The minimum Gasteiger partial charge on any atom is -0.352 e. The summed E-state index contributed by atoms with van der Waals surface area (Å²) >= 11 is 5.59. The Morgan fingerprint density at radius 1 is 1.44 bits per heavy atom. The van der Waals surface area contributed by atoms with Crippen LogP contribution in [0.4, 0.5) is 0 Å². The van der Waals surface area contributed by atoms with Gasteiger partial charge in [0, 0.05) is 12.2 Å². The Kier molecular flexibility index (Phi) is 5.15. The lowest BCUT2D eigenvalue weighted by Crippen LogP contribution is -2.39. The van der Waals surface area contributed by atoms with Crippen LogP contribution >= 0.6 is 11.6 Å². The molecular weight excluding hydrogens is 258 g/mol. The molecule has 0 bridgehead atoms. The standard InChI is InChI=1S/C11H16ClN3O3/c1-3-7(4-2)13-9(16)6-15-5-8(12)10(17)14-11(15)18/h5,7H,3-4,6H2,1-2H3,(H,13,16)(H,14,17,18). The molecule has 0 aliphatic rings. The third-order valence-electron chi connectivity index (χ3n) is 2.63. The highest BCUT2D eigenvalue weighted by molar-refractivity contribution is 6.30. The zero-order valence-corrected chi connectivity index (χ0v) is 11.1. The van der Waals surface area contributed by atoms with E-state index in [1.807, 2.05) is 18.8 Å². The van der Waals surface area contributed by atoms with Crippen molar-refractivity contribution in [2.75, 3.05) is 0 Å². The van der Waals surface area contributed by atoms with E-state index in [0.29, 0.717) is 0 Å². The minimum absolute atomic E-state index is 0.0893. The number of rotatable bonds is 5. The Balaban J connectivity index is 2.79. The Morgan fingerprint density at radius 3 is 2.61 bits per heavy atom. The number of amides is 1. The van der Waals surface area contributed by atoms with Crippen LogP contribution in [0.5, 0.6) is 0 Å². The molecule has 0 radical (unpaired) electrons. The molecule has 18 heavy (non-hydrogen) atoms. The van der Waals surface area contributed by atoms with Gasteiger partial charge in [0.15, 0.2) is 0 Å². The van der Waals surface area contributed by atoms with Gasteiger partial charge in [-0.15, -0.1) is 0 Å². The van der Waals surface area contributed by atoms with Crippen LogP contribution in [0.15, 0.2) is 15.8 Å². The zero-order chi connectivity index (χ0) is 13.7. The van der Waals surface area contributed by atoms with E-state index >= 15 is 0 Å². The molecule has 6 nitrogen and oxygen atoms in total. The van der Waals surface area contributed by atoms with Crippen molar-refractivity contribution in [1.29, 1.82) is 0 Å². The van der Waals surface area contributed by atoms with E-state index in [4.69, 9.17) is 11.6 Å². The molecule has 0 unspecified atom stereocenters. The maximum atomic E-state index is 11.7. The summed E-state index contributed by atoms with van der Waals surface area (Å²) in [7, 11) is 0. The van der Waals surface area contributed by atoms with Gasteiger partial charge < -0.3 is 5.32 Å². The monoisotopic (exact) mass is 273 g/mol. The van der Waals surface area contributed by atoms with Gasteiger partial charge >= 0.3 is 5.69 Å². The summed E-state index contributed by atoms with van der Waals surface area (Å²) in [6.45, 7) is 3.78. The van der Waals surface area contributed by atoms with Gasteiger partial charge in [-0.05, 0) is 12.8 Å². The van der Waals surface area contributed by atoms with E-state index in [-0.39, 0.29) is 23.5 Å². The smallest absolute Gasteiger partial charge is 0.328 e. The van der Waals surface area contributed by atoms with Crippen LogP contribution < -0.4 is 16.6 Å². The van der Waals surface area contributed by atoms with Crippen molar-refractivity contribution in [3.63, 3.8) is 0 Å². The van der Waals surface area contributed by atoms with Gasteiger partial charge in [0.1, 0.15) is 11.6 Å². The summed E-state index contributed by atoms with van der Waals surface area (Å²) in [4.78, 5) is 36.2. The summed E-state index contributed by atoms with van der Waals surface area (Å²) in [5, 5.41) is 2.67. The lowest BCUT2D eigenvalue weighted by molar-refractivity contribution is -0.122. The van der Waals surface area contributed by atoms with E-state index in [1.54, 1.807) is 0 Å². The molecule has 7 heteroatoms. The summed E-state index contributed by atoms with van der Waals surface area (Å²) in [6, 6.07) is 0.0893. The lowest BCUT2D eigenvalue weighted by Gasteiger charge is -2.15.